The molecule has 1 aromatic carbocycles. The van der Waals surface area contributed by atoms with Gasteiger partial charge in [-0.05, 0) is 12.5 Å². The first-order valence-corrected chi connectivity index (χ1v) is 4.51. The van der Waals surface area contributed by atoms with Crippen molar-refractivity contribution >= 4 is 11.9 Å². The van der Waals surface area contributed by atoms with Crippen molar-refractivity contribution in [2.45, 2.75) is 6.92 Å². The molecule has 0 fully saturated rings. The van der Waals surface area contributed by atoms with Crippen molar-refractivity contribution < 1.29 is 4.39 Å². The van der Waals surface area contributed by atoms with Gasteiger partial charge < -0.3 is 5.73 Å². The summed E-state index contributed by atoms with van der Waals surface area (Å²) in [6.07, 6.45) is 1.90. The predicted molar refractivity (Wildman–Crippen MR) is 62.1 cm³/mol. The zero-order valence-corrected chi connectivity index (χ0v) is 8.57. The maximum absolute atomic E-state index is 12.6. The van der Waals surface area contributed by atoms with Crippen LogP contribution in [0.25, 0.3) is 5.70 Å². The molecule has 2 nitrogen and oxygen atoms in total. The van der Waals surface area contributed by atoms with Crippen molar-refractivity contribution in [1.29, 1.82) is 0 Å². The topological polar surface area (TPSA) is 38.4 Å². The SMILES string of the molecule is C=C(N=C/C(F)=C\N)c1ccc(C)cc1. The van der Waals surface area contributed by atoms with Crippen LogP contribution in [0.5, 0.6) is 0 Å². The van der Waals surface area contributed by atoms with Crippen LogP contribution in [0, 0.1) is 6.92 Å². The molecule has 0 aromatic heterocycles. The second kappa shape index (κ2) is 5.10. The van der Waals surface area contributed by atoms with E-state index in [0.717, 1.165) is 23.5 Å². The summed E-state index contributed by atoms with van der Waals surface area (Å²) in [5, 5.41) is 0. The normalized spacial score (nSPS) is 12.0. The zero-order valence-electron chi connectivity index (χ0n) is 8.57. The Bertz CT molecular complexity index is 402. The molecule has 0 amide bonds. The van der Waals surface area contributed by atoms with E-state index in [1.165, 1.54) is 0 Å². The molecule has 0 aliphatic carbocycles. The van der Waals surface area contributed by atoms with Crippen molar-refractivity contribution in [3.05, 3.63) is 54.0 Å². The lowest BCUT2D eigenvalue weighted by molar-refractivity contribution is 0.683. The Hall–Kier alpha value is -1.90. The lowest BCUT2D eigenvalue weighted by Crippen LogP contribution is -1.85. The smallest absolute Gasteiger partial charge is 0.156 e. The van der Waals surface area contributed by atoms with Gasteiger partial charge >= 0.3 is 0 Å². The van der Waals surface area contributed by atoms with Crippen molar-refractivity contribution in [2.75, 3.05) is 0 Å². The number of hydrogen-bond acceptors (Lipinski definition) is 2. The molecule has 0 bridgehead atoms. The Labute approximate surface area is 88.6 Å². The molecule has 1 rings (SSSR count). The molecule has 1 aromatic rings. The molecule has 0 aliphatic rings. The van der Waals surface area contributed by atoms with Gasteiger partial charge in [0.15, 0.2) is 5.83 Å². The molecule has 0 unspecified atom stereocenters. The summed E-state index contributed by atoms with van der Waals surface area (Å²) < 4.78 is 12.6. The molecular weight excluding hydrogens is 191 g/mol. The highest BCUT2D eigenvalue weighted by molar-refractivity contribution is 5.82. The lowest BCUT2D eigenvalue weighted by Gasteiger charge is -1.99. The number of nitrogens with two attached hydrogens (primary N) is 1. The first-order chi connectivity index (χ1) is 7.13. The van der Waals surface area contributed by atoms with E-state index in [1.807, 2.05) is 31.2 Å². The van der Waals surface area contributed by atoms with Crippen molar-refractivity contribution in [3.8, 4) is 0 Å². The van der Waals surface area contributed by atoms with Crippen LogP contribution in [0.3, 0.4) is 0 Å². The second-order valence-electron chi connectivity index (χ2n) is 3.12. The summed E-state index contributed by atoms with van der Waals surface area (Å²) in [6, 6.07) is 7.68. The molecule has 15 heavy (non-hydrogen) atoms. The fraction of sp³-hybridized carbons (Fsp3) is 0.0833. The standard InChI is InChI=1S/C12H13FN2/c1-9-3-5-11(6-4-9)10(2)15-8-12(13)7-14/h3-8H,2,14H2,1H3/b12-7+,15-8?. The van der Waals surface area contributed by atoms with Gasteiger partial charge in [0.05, 0.1) is 11.9 Å². The number of aliphatic imine (C=N–C) groups is 1. The Morgan fingerprint density at radius 1 is 1.40 bits per heavy atom. The van der Waals surface area contributed by atoms with Gasteiger partial charge in [-0.1, -0.05) is 36.4 Å². The summed E-state index contributed by atoms with van der Waals surface area (Å²) >= 11 is 0. The minimum atomic E-state index is -0.580. The Kier molecular flexibility index (Phi) is 3.80. The molecule has 2 N–H and O–H groups in total. The lowest BCUT2D eigenvalue weighted by atomic mass is 10.1. The highest BCUT2D eigenvalue weighted by atomic mass is 19.1. The van der Waals surface area contributed by atoms with E-state index in [-0.39, 0.29) is 0 Å². The van der Waals surface area contributed by atoms with E-state index < -0.39 is 5.83 Å². The van der Waals surface area contributed by atoms with E-state index in [4.69, 9.17) is 5.73 Å². The summed E-state index contributed by atoms with van der Waals surface area (Å²) in [5.74, 6) is -0.580. The average Bonchev–Trinajstić information content (AvgIpc) is 2.26. The Morgan fingerprint density at radius 2 is 2.00 bits per heavy atom. The summed E-state index contributed by atoms with van der Waals surface area (Å²) in [5.41, 5.74) is 7.48. The number of rotatable bonds is 3. The van der Waals surface area contributed by atoms with Crippen molar-refractivity contribution in [3.63, 3.8) is 0 Å². The molecule has 0 aliphatic heterocycles. The predicted octanol–water partition coefficient (Wildman–Crippen LogP) is 2.81. The highest BCUT2D eigenvalue weighted by Gasteiger charge is 1.95. The van der Waals surface area contributed by atoms with Gasteiger partial charge in [0.25, 0.3) is 0 Å². The number of aryl methyl sites for hydroxylation is 1. The Balaban J connectivity index is 2.78. The van der Waals surface area contributed by atoms with Gasteiger partial charge in [-0.15, -0.1) is 0 Å². The number of nitrogens with zero attached hydrogens (tertiary/aromatic N) is 1. The molecule has 78 valence electrons. The van der Waals surface area contributed by atoms with Crippen molar-refractivity contribution in [1.82, 2.24) is 0 Å². The third-order valence-corrected chi connectivity index (χ3v) is 1.89. The summed E-state index contributed by atoms with van der Waals surface area (Å²) in [7, 11) is 0. The van der Waals surface area contributed by atoms with E-state index in [2.05, 4.69) is 11.6 Å². The van der Waals surface area contributed by atoms with Crippen LogP contribution in [-0.4, -0.2) is 6.21 Å². The molecule has 0 heterocycles. The van der Waals surface area contributed by atoms with Crippen LogP contribution in [-0.2, 0) is 0 Å². The molecule has 0 saturated carbocycles. The second-order valence-corrected chi connectivity index (χ2v) is 3.12. The van der Waals surface area contributed by atoms with Crippen molar-refractivity contribution in [2.24, 2.45) is 10.7 Å². The number of benzene rings is 1. The van der Waals surface area contributed by atoms with E-state index >= 15 is 0 Å². The summed E-state index contributed by atoms with van der Waals surface area (Å²) in [4.78, 5) is 3.85. The number of allylic oxidation sites excluding steroid dienone is 1. The van der Waals surface area contributed by atoms with Gasteiger partial charge in [0, 0.05) is 6.20 Å². The largest absolute Gasteiger partial charge is 0.402 e. The third kappa shape index (κ3) is 3.38. The summed E-state index contributed by atoms with van der Waals surface area (Å²) in [6.45, 7) is 5.72. The van der Waals surface area contributed by atoms with Crippen LogP contribution in [0.4, 0.5) is 4.39 Å². The van der Waals surface area contributed by atoms with Gasteiger partial charge in [-0.3, -0.25) is 4.99 Å². The molecule has 0 radical (unpaired) electrons. The fourth-order valence-electron chi connectivity index (χ4n) is 1.00. The van der Waals surface area contributed by atoms with Crippen LogP contribution < -0.4 is 5.73 Å². The van der Waals surface area contributed by atoms with Crippen LogP contribution >= 0.6 is 0 Å². The molecule has 0 saturated heterocycles. The minimum Gasteiger partial charge on any atom is -0.402 e. The maximum atomic E-state index is 12.6. The number of hydrogen-bond donors (Lipinski definition) is 1. The van der Waals surface area contributed by atoms with Crippen LogP contribution in [0.2, 0.25) is 0 Å². The number of halogens is 1. The van der Waals surface area contributed by atoms with Gasteiger partial charge in [0.2, 0.25) is 0 Å². The van der Waals surface area contributed by atoms with Crippen LogP contribution in [0.15, 0.2) is 47.9 Å². The fourth-order valence-corrected chi connectivity index (χ4v) is 1.00. The molecule has 0 spiro atoms. The molecule has 3 heteroatoms. The molecule has 0 atom stereocenters. The van der Waals surface area contributed by atoms with E-state index in [0.29, 0.717) is 5.70 Å². The third-order valence-electron chi connectivity index (χ3n) is 1.89. The van der Waals surface area contributed by atoms with Gasteiger partial charge in [0.1, 0.15) is 0 Å². The highest BCUT2D eigenvalue weighted by Crippen LogP contribution is 2.14. The van der Waals surface area contributed by atoms with Gasteiger partial charge in [-0.25, -0.2) is 4.39 Å². The quantitative estimate of drug-likeness (QED) is 0.755. The van der Waals surface area contributed by atoms with E-state index in [9.17, 15) is 4.39 Å². The first kappa shape index (κ1) is 11.2. The first-order valence-electron chi connectivity index (χ1n) is 4.51. The zero-order chi connectivity index (χ0) is 11.3. The van der Waals surface area contributed by atoms with Gasteiger partial charge in [-0.2, -0.15) is 0 Å². The molecular formula is C12H13FN2. The monoisotopic (exact) mass is 204 g/mol. The average molecular weight is 204 g/mol. The Morgan fingerprint density at radius 3 is 2.53 bits per heavy atom. The van der Waals surface area contributed by atoms with Crippen LogP contribution in [0.1, 0.15) is 11.1 Å². The van der Waals surface area contributed by atoms with E-state index in [1.54, 1.807) is 0 Å². The minimum absolute atomic E-state index is 0.506. The maximum Gasteiger partial charge on any atom is 0.156 e.